The molecule has 1 N–H and O–H groups in total. The van der Waals surface area contributed by atoms with E-state index in [-0.39, 0.29) is 12.4 Å². The van der Waals surface area contributed by atoms with Gasteiger partial charge in [-0.25, -0.2) is 8.78 Å². The average Bonchev–Trinajstić information content (AvgIpc) is 2.36. The number of nitrogens with one attached hydrogen (secondary N) is 1. The van der Waals surface area contributed by atoms with E-state index in [1.54, 1.807) is 0 Å². The second kappa shape index (κ2) is 7.24. The zero-order chi connectivity index (χ0) is 12.3. The van der Waals surface area contributed by atoms with E-state index < -0.39 is 18.5 Å². The van der Waals surface area contributed by atoms with Crippen molar-refractivity contribution in [3.63, 3.8) is 0 Å². The molecule has 1 saturated heterocycles. The number of hydrogen-bond donors (Lipinski definition) is 1. The molecule has 6 heteroatoms. The van der Waals surface area contributed by atoms with Crippen LogP contribution in [0.25, 0.3) is 0 Å². The first-order chi connectivity index (χ1) is 8.22. The number of hydrogen-bond acceptors (Lipinski definition) is 2. The van der Waals surface area contributed by atoms with E-state index in [1.807, 2.05) is 4.90 Å². The molecule has 1 fully saturated rings. The van der Waals surface area contributed by atoms with Crippen molar-refractivity contribution in [2.24, 2.45) is 0 Å². The fourth-order valence-electron chi connectivity index (χ4n) is 2.14. The van der Waals surface area contributed by atoms with Crippen LogP contribution in [0.3, 0.4) is 0 Å². The van der Waals surface area contributed by atoms with Gasteiger partial charge in [0.25, 0.3) is 0 Å². The molecule has 1 aromatic carbocycles. The molecule has 102 valence electrons. The Bertz CT molecular complexity index is 384. The first kappa shape index (κ1) is 15.6. The molecule has 0 saturated carbocycles. The number of alkyl halides is 1. The summed E-state index contributed by atoms with van der Waals surface area (Å²) in [5, 5.41) is 3.63. The lowest BCUT2D eigenvalue weighted by atomic mass is 10.0. The molecule has 0 spiro atoms. The Kier molecular flexibility index (Phi) is 6.29. The Morgan fingerprint density at radius 3 is 2.61 bits per heavy atom. The summed E-state index contributed by atoms with van der Waals surface area (Å²) in [6.07, 6.45) is 0. The van der Waals surface area contributed by atoms with Gasteiger partial charge in [-0.15, -0.1) is 12.4 Å². The Balaban J connectivity index is 0.00000162. The predicted octanol–water partition coefficient (Wildman–Crippen LogP) is 2.82. The van der Waals surface area contributed by atoms with E-state index in [0.717, 1.165) is 26.2 Å². The van der Waals surface area contributed by atoms with Gasteiger partial charge in [0.2, 0.25) is 0 Å². The van der Waals surface area contributed by atoms with Crippen LogP contribution < -0.4 is 5.32 Å². The highest BCUT2D eigenvalue weighted by molar-refractivity contribution is 6.30. The summed E-state index contributed by atoms with van der Waals surface area (Å²) in [6, 6.07) is 3.76. The van der Waals surface area contributed by atoms with Crippen molar-refractivity contribution in [3.8, 4) is 0 Å². The van der Waals surface area contributed by atoms with Gasteiger partial charge in [0.05, 0.1) is 6.04 Å². The number of nitrogens with zero attached hydrogens (tertiary/aromatic N) is 1. The quantitative estimate of drug-likeness (QED) is 0.923. The molecular formula is C12H16Cl2F2N2. The van der Waals surface area contributed by atoms with Crippen molar-refractivity contribution < 1.29 is 8.78 Å². The Hall–Kier alpha value is -0.420. The summed E-state index contributed by atoms with van der Waals surface area (Å²) in [5.41, 5.74) is 0.349. The third-order valence-electron chi connectivity index (χ3n) is 3.06. The number of piperazine rings is 1. The molecule has 1 aliphatic heterocycles. The fourth-order valence-corrected chi connectivity index (χ4v) is 2.32. The van der Waals surface area contributed by atoms with Gasteiger partial charge in [-0.2, -0.15) is 0 Å². The number of halogens is 4. The standard InChI is InChI=1S/C12H15ClF2N2.ClH/c13-9-1-2-11(15)10(7-9)12(8-14)17-5-3-16-4-6-17;/h1-2,7,12,16H,3-6,8H2;1H/t12-;/m0./s1. The highest BCUT2D eigenvalue weighted by Gasteiger charge is 2.24. The highest BCUT2D eigenvalue weighted by Crippen LogP contribution is 2.26. The molecule has 1 atom stereocenters. The first-order valence-corrected chi connectivity index (χ1v) is 6.06. The zero-order valence-electron chi connectivity index (χ0n) is 9.83. The summed E-state index contributed by atoms with van der Waals surface area (Å²) in [7, 11) is 0. The maximum atomic E-state index is 13.7. The minimum atomic E-state index is -0.600. The Morgan fingerprint density at radius 1 is 1.33 bits per heavy atom. The minimum Gasteiger partial charge on any atom is -0.314 e. The molecule has 18 heavy (non-hydrogen) atoms. The largest absolute Gasteiger partial charge is 0.314 e. The third kappa shape index (κ3) is 3.54. The number of benzene rings is 1. The maximum absolute atomic E-state index is 13.7. The second-order valence-corrected chi connectivity index (χ2v) is 4.56. The molecule has 0 radical (unpaired) electrons. The molecule has 1 aliphatic rings. The Morgan fingerprint density at radius 2 is 2.00 bits per heavy atom. The van der Waals surface area contributed by atoms with Crippen LogP contribution in [0.4, 0.5) is 8.78 Å². The van der Waals surface area contributed by atoms with Crippen molar-refractivity contribution in [3.05, 3.63) is 34.6 Å². The topological polar surface area (TPSA) is 15.3 Å². The van der Waals surface area contributed by atoms with Crippen molar-refractivity contribution in [1.29, 1.82) is 0 Å². The lowest BCUT2D eigenvalue weighted by Crippen LogP contribution is -2.45. The molecule has 0 unspecified atom stereocenters. The lowest BCUT2D eigenvalue weighted by molar-refractivity contribution is 0.144. The molecule has 0 aliphatic carbocycles. The van der Waals surface area contributed by atoms with Gasteiger partial charge in [-0.1, -0.05) is 11.6 Å². The molecule has 2 nitrogen and oxygen atoms in total. The molecular weight excluding hydrogens is 281 g/mol. The summed E-state index contributed by atoms with van der Waals surface area (Å²) in [6.45, 7) is 2.45. The molecule has 0 aromatic heterocycles. The predicted molar refractivity (Wildman–Crippen MR) is 71.8 cm³/mol. The van der Waals surface area contributed by atoms with E-state index in [9.17, 15) is 8.78 Å². The minimum absolute atomic E-state index is 0. The van der Waals surface area contributed by atoms with Gasteiger partial charge in [-0.05, 0) is 18.2 Å². The van der Waals surface area contributed by atoms with Crippen molar-refractivity contribution in [2.45, 2.75) is 6.04 Å². The van der Waals surface area contributed by atoms with E-state index >= 15 is 0 Å². The third-order valence-corrected chi connectivity index (χ3v) is 3.29. The van der Waals surface area contributed by atoms with E-state index in [2.05, 4.69) is 5.32 Å². The average molecular weight is 297 g/mol. The van der Waals surface area contributed by atoms with Gasteiger partial charge < -0.3 is 5.32 Å². The molecule has 1 aromatic rings. The van der Waals surface area contributed by atoms with E-state index in [1.165, 1.54) is 18.2 Å². The first-order valence-electron chi connectivity index (χ1n) is 5.68. The maximum Gasteiger partial charge on any atom is 0.128 e. The van der Waals surface area contributed by atoms with Crippen LogP contribution in [0, 0.1) is 5.82 Å². The summed E-state index contributed by atoms with van der Waals surface area (Å²) in [5.74, 6) is -0.393. The van der Waals surface area contributed by atoms with E-state index in [0.29, 0.717) is 10.6 Å². The summed E-state index contributed by atoms with van der Waals surface area (Å²) >= 11 is 5.84. The van der Waals surface area contributed by atoms with Crippen molar-refractivity contribution >= 4 is 24.0 Å². The zero-order valence-corrected chi connectivity index (χ0v) is 11.4. The van der Waals surface area contributed by atoms with Crippen LogP contribution in [0.15, 0.2) is 18.2 Å². The summed E-state index contributed by atoms with van der Waals surface area (Å²) < 4.78 is 26.9. The van der Waals surface area contributed by atoms with Gasteiger partial charge in [0.15, 0.2) is 0 Å². The normalized spacial score (nSPS) is 18.2. The van der Waals surface area contributed by atoms with Gasteiger partial charge in [0.1, 0.15) is 12.5 Å². The van der Waals surface area contributed by atoms with Crippen LogP contribution >= 0.6 is 24.0 Å². The second-order valence-electron chi connectivity index (χ2n) is 4.12. The van der Waals surface area contributed by atoms with Crippen LogP contribution in [-0.2, 0) is 0 Å². The monoisotopic (exact) mass is 296 g/mol. The van der Waals surface area contributed by atoms with Crippen molar-refractivity contribution in [2.75, 3.05) is 32.9 Å². The van der Waals surface area contributed by atoms with E-state index in [4.69, 9.17) is 11.6 Å². The van der Waals surface area contributed by atoms with Crippen molar-refractivity contribution in [1.82, 2.24) is 10.2 Å². The molecule has 0 amide bonds. The van der Waals surface area contributed by atoms with Crippen LogP contribution in [0.5, 0.6) is 0 Å². The molecule has 1 heterocycles. The van der Waals surface area contributed by atoms with Crippen LogP contribution in [0.1, 0.15) is 11.6 Å². The van der Waals surface area contributed by atoms with Crippen LogP contribution in [-0.4, -0.2) is 37.8 Å². The Labute approximate surface area is 117 Å². The lowest BCUT2D eigenvalue weighted by Gasteiger charge is -2.33. The molecule has 2 rings (SSSR count). The smallest absolute Gasteiger partial charge is 0.128 e. The van der Waals surface area contributed by atoms with Crippen LogP contribution in [0.2, 0.25) is 5.02 Å². The fraction of sp³-hybridized carbons (Fsp3) is 0.500. The SMILES string of the molecule is Cl.FC[C@@H](c1cc(Cl)ccc1F)N1CCNCC1. The van der Waals surface area contributed by atoms with Gasteiger partial charge in [0, 0.05) is 36.8 Å². The summed E-state index contributed by atoms with van der Waals surface area (Å²) in [4.78, 5) is 1.95. The number of rotatable bonds is 3. The van der Waals surface area contributed by atoms with Gasteiger partial charge >= 0.3 is 0 Å². The highest BCUT2D eigenvalue weighted by atomic mass is 35.5. The van der Waals surface area contributed by atoms with Gasteiger partial charge in [-0.3, -0.25) is 4.90 Å². The molecule has 0 bridgehead atoms.